The number of ether oxygens (including phenoxy) is 2. The van der Waals surface area contributed by atoms with Gasteiger partial charge in [-0.2, -0.15) is 0 Å². The average molecular weight is 411 g/mol. The number of hydrogen-bond donors (Lipinski definition) is 2. The predicted octanol–water partition coefficient (Wildman–Crippen LogP) is 3.21. The summed E-state index contributed by atoms with van der Waals surface area (Å²) < 4.78 is 12.9. The minimum Gasteiger partial charge on any atom is -0.490 e. The zero-order valence-electron chi connectivity index (χ0n) is 17.4. The van der Waals surface area contributed by atoms with E-state index >= 15 is 0 Å². The Morgan fingerprint density at radius 3 is 2.70 bits per heavy atom. The molecule has 3 rings (SSSR count). The van der Waals surface area contributed by atoms with E-state index in [2.05, 4.69) is 10.3 Å². The van der Waals surface area contributed by atoms with Gasteiger partial charge in [0, 0.05) is 12.7 Å². The molecule has 1 amide bonds. The van der Waals surface area contributed by atoms with E-state index in [1.807, 2.05) is 19.1 Å². The molecular formula is C22H25N3O5. The van der Waals surface area contributed by atoms with Crippen LogP contribution < -0.4 is 14.8 Å². The minimum atomic E-state index is -1.35. The van der Waals surface area contributed by atoms with Crippen molar-refractivity contribution in [3.05, 3.63) is 59.5 Å². The summed E-state index contributed by atoms with van der Waals surface area (Å²) >= 11 is 0. The second-order valence-electron chi connectivity index (χ2n) is 7.29. The Hall–Kier alpha value is -3.55. The largest absolute Gasteiger partial charge is 0.490 e. The van der Waals surface area contributed by atoms with Crippen molar-refractivity contribution in [3.8, 4) is 11.5 Å². The molecule has 0 radical (unpaired) electrons. The molecule has 0 fully saturated rings. The van der Waals surface area contributed by atoms with Crippen molar-refractivity contribution in [2.75, 3.05) is 6.61 Å². The maximum absolute atomic E-state index is 12.9. The lowest BCUT2D eigenvalue weighted by molar-refractivity contribution is -0.152. The van der Waals surface area contributed by atoms with Crippen LogP contribution >= 0.6 is 0 Å². The maximum Gasteiger partial charge on any atom is 0.347 e. The van der Waals surface area contributed by atoms with Crippen LogP contribution in [0.3, 0.4) is 0 Å². The van der Waals surface area contributed by atoms with Crippen LogP contribution in [-0.2, 0) is 11.3 Å². The molecule has 0 aliphatic carbocycles. The summed E-state index contributed by atoms with van der Waals surface area (Å²) in [6.07, 6.45) is 1.77. The number of carboxylic acid groups (broad SMARTS) is 1. The fraction of sp³-hybridized carbons (Fsp3) is 0.318. The second kappa shape index (κ2) is 8.44. The molecule has 0 bridgehead atoms. The molecule has 0 saturated heterocycles. The number of pyridine rings is 1. The van der Waals surface area contributed by atoms with E-state index in [0.717, 1.165) is 5.56 Å². The van der Waals surface area contributed by atoms with Gasteiger partial charge in [0.05, 0.1) is 12.3 Å². The number of carbonyl (C=O) groups is 2. The molecule has 0 spiro atoms. The van der Waals surface area contributed by atoms with E-state index in [1.165, 1.54) is 13.8 Å². The molecule has 0 unspecified atom stereocenters. The second-order valence-corrected chi connectivity index (χ2v) is 7.29. The highest BCUT2D eigenvalue weighted by molar-refractivity contribution is 5.95. The van der Waals surface area contributed by atoms with Crippen LogP contribution in [0.2, 0.25) is 0 Å². The van der Waals surface area contributed by atoms with E-state index in [1.54, 1.807) is 41.8 Å². The van der Waals surface area contributed by atoms with Crippen molar-refractivity contribution >= 4 is 17.5 Å². The number of fused-ring (bicyclic) bond motifs is 1. The number of carboxylic acids is 1. The van der Waals surface area contributed by atoms with E-state index in [4.69, 9.17) is 9.47 Å². The Morgan fingerprint density at radius 1 is 1.23 bits per heavy atom. The van der Waals surface area contributed by atoms with E-state index in [-0.39, 0.29) is 12.5 Å². The van der Waals surface area contributed by atoms with Gasteiger partial charge in [-0.15, -0.1) is 0 Å². The number of benzene rings is 1. The minimum absolute atomic E-state index is 0.251. The number of nitrogens with one attached hydrogen (secondary N) is 1. The number of amides is 1. The van der Waals surface area contributed by atoms with Gasteiger partial charge in [-0.25, -0.2) is 9.78 Å². The first-order chi connectivity index (χ1) is 14.2. The van der Waals surface area contributed by atoms with Crippen LogP contribution in [0, 0.1) is 6.92 Å². The topological polar surface area (TPSA) is 102 Å². The van der Waals surface area contributed by atoms with Crippen LogP contribution in [0.15, 0.2) is 42.6 Å². The molecule has 3 aromatic rings. The zero-order valence-corrected chi connectivity index (χ0v) is 17.4. The van der Waals surface area contributed by atoms with Crippen molar-refractivity contribution < 1.29 is 24.2 Å². The van der Waals surface area contributed by atoms with Crippen LogP contribution in [0.1, 0.15) is 42.5 Å². The third kappa shape index (κ3) is 4.37. The van der Waals surface area contributed by atoms with Crippen LogP contribution in [-0.4, -0.2) is 38.6 Å². The molecule has 8 heteroatoms. The van der Waals surface area contributed by atoms with Gasteiger partial charge in [0.1, 0.15) is 11.4 Å². The smallest absolute Gasteiger partial charge is 0.347 e. The number of aliphatic carboxylic acids is 1. The molecule has 0 saturated carbocycles. The van der Waals surface area contributed by atoms with E-state index in [9.17, 15) is 14.7 Å². The third-order valence-corrected chi connectivity index (χ3v) is 4.54. The van der Waals surface area contributed by atoms with Crippen molar-refractivity contribution in [2.24, 2.45) is 0 Å². The predicted molar refractivity (Wildman–Crippen MR) is 111 cm³/mol. The number of hydrogen-bond acceptors (Lipinski definition) is 5. The van der Waals surface area contributed by atoms with Crippen LogP contribution in [0.5, 0.6) is 11.5 Å². The van der Waals surface area contributed by atoms with Gasteiger partial charge in [-0.3, -0.25) is 9.20 Å². The van der Waals surface area contributed by atoms with Gasteiger partial charge in [0.25, 0.3) is 5.91 Å². The summed E-state index contributed by atoms with van der Waals surface area (Å²) in [5.41, 5.74) is 1.05. The lowest BCUT2D eigenvalue weighted by Crippen LogP contribution is -2.37. The van der Waals surface area contributed by atoms with E-state index < -0.39 is 11.6 Å². The third-order valence-electron chi connectivity index (χ3n) is 4.54. The summed E-state index contributed by atoms with van der Waals surface area (Å²) in [5, 5.41) is 12.1. The highest BCUT2D eigenvalue weighted by atomic mass is 16.5. The SMILES string of the molecule is CCOc1cccn2c(C(=O)NCc3cccc(OC(C)(C)C(=O)O)c3)c(C)nc12. The summed E-state index contributed by atoms with van der Waals surface area (Å²) in [5.74, 6) is -0.295. The molecule has 2 aromatic heterocycles. The molecular weight excluding hydrogens is 386 g/mol. The molecule has 0 aliphatic rings. The number of nitrogens with zero attached hydrogens (tertiary/aromatic N) is 2. The van der Waals surface area contributed by atoms with Gasteiger partial charge in [-0.1, -0.05) is 12.1 Å². The summed E-state index contributed by atoms with van der Waals surface area (Å²) in [6, 6.07) is 10.6. The lowest BCUT2D eigenvalue weighted by Gasteiger charge is -2.21. The highest BCUT2D eigenvalue weighted by Gasteiger charge is 2.29. The van der Waals surface area contributed by atoms with Gasteiger partial charge in [-0.05, 0) is 57.5 Å². The fourth-order valence-corrected chi connectivity index (χ4v) is 3.02. The van der Waals surface area contributed by atoms with Gasteiger partial charge in [0.2, 0.25) is 0 Å². The zero-order chi connectivity index (χ0) is 21.9. The van der Waals surface area contributed by atoms with Crippen LogP contribution in [0.4, 0.5) is 0 Å². The van der Waals surface area contributed by atoms with Crippen LogP contribution in [0.25, 0.3) is 5.65 Å². The molecule has 0 atom stereocenters. The summed E-state index contributed by atoms with van der Waals surface area (Å²) in [4.78, 5) is 28.6. The lowest BCUT2D eigenvalue weighted by atomic mass is 10.1. The van der Waals surface area contributed by atoms with Gasteiger partial charge >= 0.3 is 5.97 Å². The molecule has 1 aromatic carbocycles. The number of aryl methyl sites for hydroxylation is 1. The molecule has 2 heterocycles. The first-order valence-electron chi connectivity index (χ1n) is 9.63. The Labute approximate surface area is 174 Å². The number of carbonyl (C=O) groups excluding carboxylic acids is 1. The maximum atomic E-state index is 12.9. The molecule has 2 N–H and O–H groups in total. The number of aromatic nitrogens is 2. The fourth-order valence-electron chi connectivity index (χ4n) is 3.02. The van der Waals surface area contributed by atoms with Crippen molar-refractivity contribution in [2.45, 2.75) is 39.8 Å². The normalized spacial score (nSPS) is 11.3. The summed E-state index contributed by atoms with van der Waals surface area (Å²) in [7, 11) is 0. The molecule has 158 valence electrons. The Morgan fingerprint density at radius 2 is 2.00 bits per heavy atom. The first-order valence-corrected chi connectivity index (χ1v) is 9.63. The average Bonchev–Trinajstić information content (AvgIpc) is 3.03. The standard InChI is InChI=1S/C22H25N3O5/c1-5-29-17-10-7-11-25-18(14(2)24-19(17)25)20(26)23-13-15-8-6-9-16(12-15)30-22(3,4)21(27)28/h6-12H,5,13H2,1-4H3,(H,23,26)(H,27,28). The highest BCUT2D eigenvalue weighted by Crippen LogP contribution is 2.23. The van der Waals surface area contributed by atoms with Crippen molar-refractivity contribution in [1.82, 2.24) is 14.7 Å². The van der Waals surface area contributed by atoms with Gasteiger partial charge < -0.3 is 19.9 Å². The molecule has 0 aliphatic heterocycles. The van der Waals surface area contributed by atoms with Crippen molar-refractivity contribution in [1.29, 1.82) is 0 Å². The Balaban J connectivity index is 1.77. The Bertz CT molecular complexity index is 1090. The molecule has 30 heavy (non-hydrogen) atoms. The van der Waals surface area contributed by atoms with E-state index in [0.29, 0.717) is 35.1 Å². The van der Waals surface area contributed by atoms with Gasteiger partial charge in [0.15, 0.2) is 17.0 Å². The number of imidazole rings is 1. The number of rotatable bonds is 8. The monoisotopic (exact) mass is 411 g/mol. The quantitative estimate of drug-likeness (QED) is 0.590. The Kier molecular flexibility index (Phi) is 5.96. The molecule has 8 nitrogen and oxygen atoms in total. The summed E-state index contributed by atoms with van der Waals surface area (Å²) in [6.45, 7) is 7.38. The first kappa shape index (κ1) is 21.2. The van der Waals surface area contributed by atoms with Crippen molar-refractivity contribution in [3.63, 3.8) is 0 Å².